The molecule has 0 radical (unpaired) electrons. The van der Waals surface area contributed by atoms with Gasteiger partial charge in [-0.05, 0) is 31.5 Å². The molecule has 0 amide bonds. The van der Waals surface area contributed by atoms with Crippen LogP contribution in [0.5, 0.6) is 11.5 Å². The van der Waals surface area contributed by atoms with E-state index in [1.54, 1.807) is 18.2 Å². The van der Waals surface area contributed by atoms with Crippen LogP contribution >= 0.6 is 11.6 Å². The molecule has 0 aliphatic heterocycles. The van der Waals surface area contributed by atoms with Crippen LogP contribution < -0.4 is 9.47 Å². The van der Waals surface area contributed by atoms with E-state index < -0.39 is 5.56 Å². The van der Waals surface area contributed by atoms with Gasteiger partial charge in [-0.2, -0.15) is 0 Å². The molecular formula is C12H15ClO3. The maximum Gasteiger partial charge on any atom is 0.172 e. The number of rotatable bonds is 5. The third-order valence-corrected chi connectivity index (χ3v) is 2.54. The van der Waals surface area contributed by atoms with Crippen molar-refractivity contribution in [1.29, 1.82) is 0 Å². The minimum atomic E-state index is -0.392. The number of methoxy groups -OCH3 is 1. The number of carbonyl (C=O) groups is 1. The molecule has 1 unspecified atom stereocenters. The average Bonchev–Trinajstić information content (AvgIpc) is 2.29. The van der Waals surface area contributed by atoms with Crippen molar-refractivity contribution >= 4 is 17.4 Å². The Labute approximate surface area is 100 Å². The van der Waals surface area contributed by atoms with Gasteiger partial charge in [-0.3, -0.25) is 4.79 Å². The fourth-order valence-corrected chi connectivity index (χ4v) is 1.30. The third-order valence-electron chi connectivity index (χ3n) is 2.15. The molecule has 0 aliphatic rings. The zero-order valence-electron chi connectivity index (χ0n) is 9.62. The summed E-state index contributed by atoms with van der Waals surface area (Å²) >= 11 is 5.89. The van der Waals surface area contributed by atoms with Gasteiger partial charge in [0.2, 0.25) is 0 Å². The van der Waals surface area contributed by atoms with E-state index in [-0.39, 0.29) is 5.78 Å². The highest BCUT2D eigenvalue weighted by atomic mass is 35.5. The molecule has 0 bridgehead atoms. The van der Waals surface area contributed by atoms with Crippen molar-refractivity contribution in [1.82, 2.24) is 0 Å². The minimum Gasteiger partial charge on any atom is -0.493 e. The number of hydrogen-bond acceptors (Lipinski definition) is 3. The van der Waals surface area contributed by atoms with Gasteiger partial charge in [0.15, 0.2) is 22.8 Å². The van der Waals surface area contributed by atoms with Crippen molar-refractivity contribution in [3.8, 4) is 11.5 Å². The molecule has 0 saturated heterocycles. The molecule has 3 nitrogen and oxygen atoms in total. The van der Waals surface area contributed by atoms with E-state index in [4.69, 9.17) is 21.1 Å². The number of ketones is 1. The second-order valence-electron chi connectivity index (χ2n) is 3.36. The van der Waals surface area contributed by atoms with Crippen molar-refractivity contribution < 1.29 is 14.3 Å². The van der Waals surface area contributed by atoms with Crippen LogP contribution in [-0.4, -0.2) is 18.5 Å². The molecule has 4 heteroatoms. The first-order valence-corrected chi connectivity index (χ1v) is 5.51. The maximum atomic E-state index is 11.2. The van der Waals surface area contributed by atoms with Crippen molar-refractivity contribution in [3.05, 3.63) is 23.8 Å². The van der Waals surface area contributed by atoms with Crippen molar-refractivity contribution in [2.45, 2.75) is 25.8 Å². The van der Waals surface area contributed by atoms with Crippen LogP contribution in [0.2, 0.25) is 0 Å². The molecular weight excluding hydrogens is 228 g/mol. The van der Waals surface area contributed by atoms with Crippen molar-refractivity contribution in [3.63, 3.8) is 0 Å². The standard InChI is InChI=1S/C12H15ClO3/c1-4-12(13)16-10-6-5-9(8(2)14)7-11(10)15-3/h5-7,12H,4H2,1-3H3. The number of Topliss-reactive ketones (excluding diaryl/α,β-unsaturated/α-hetero) is 1. The van der Waals surface area contributed by atoms with Gasteiger partial charge >= 0.3 is 0 Å². The highest BCUT2D eigenvalue weighted by Crippen LogP contribution is 2.30. The molecule has 1 aromatic carbocycles. The topological polar surface area (TPSA) is 35.5 Å². The van der Waals surface area contributed by atoms with Gasteiger partial charge in [-0.25, -0.2) is 0 Å². The highest BCUT2D eigenvalue weighted by molar-refractivity contribution is 6.19. The molecule has 0 N–H and O–H groups in total. The van der Waals surface area contributed by atoms with Gasteiger partial charge < -0.3 is 9.47 Å². The van der Waals surface area contributed by atoms with Crippen LogP contribution in [0.4, 0.5) is 0 Å². The lowest BCUT2D eigenvalue weighted by Crippen LogP contribution is -2.08. The molecule has 0 saturated carbocycles. The zero-order valence-corrected chi connectivity index (χ0v) is 10.4. The van der Waals surface area contributed by atoms with Crippen LogP contribution in [0.1, 0.15) is 30.6 Å². The van der Waals surface area contributed by atoms with Crippen LogP contribution in [0, 0.1) is 0 Å². The molecule has 1 rings (SSSR count). The summed E-state index contributed by atoms with van der Waals surface area (Å²) in [6.07, 6.45) is 0.694. The van der Waals surface area contributed by atoms with Crippen LogP contribution in [0.15, 0.2) is 18.2 Å². The quantitative estimate of drug-likeness (QED) is 0.587. The Morgan fingerprint density at radius 1 is 1.44 bits per heavy atom. The molecule has 1 atom stereocenters. The van der Waals surface area contributed by atoms with Gasteiger partial charge in [-0.1, -0.05) is 18.5 Å². The van der Waals surface area contributed by atoms with Gasteiger partial charge in [0.05, 0.1) is 7.11 Å². The fraction of sp³-hybridized carbons (Fsp3) is 0.417. The summed E-state index contributed by atoms with van der Waals surface area (Å²) in [5.74, 6) is 1.06. The van der Waals surface area contributed by atoms with Crippen LogP contribution in [-0.2, 0) is 0 Å². The van der Waals surface area contributed by atoms with Gasteiger partial charge in [0, 0.05) is 5.56 Å². The summed E-state index contributed by atoms with van der Waals surface area (Å²) in [5, 5.41) is 0. The van der Waals surface area contributed by atoms with Crippen molar-refractivity contribution in [2.75, 3.05) is 7.11 Å². The van der Waals surface area contributed by atoms with E-state index in [2.05, 4.69) is 0 Å². The van der Waals surface area contributed by atoms with E-state index in [9.17, 15) is 4.79 Å². The fourth-order valence-electron chi connectivity index (χ4n) is 1.21. The number of carbonyl (C=O) groups excluding carboxylic acids is 1. The molecule has 0 aromatic heterocycles. The largest absolute Gasteiger partial charge is 0.493 e. The third kappa shape index (κ3) is 3.14. The lowest BCUT2D eigenvalue weighted by atomic mass is 10.1. The smallest absolute Gasteiger partial charge is 0.172 e. The summed E-state index contributed by atoms with van der Waals surface area (Å²) in [7, 11) is 1.53. The molecule has 0 heterocycles. The summed E-state index contributed by atoms with van der Waals surface area (Å²) < 4.78 is 10.6. The van der Waals surface area contributed by atoms with E-state index in [0.29, 0.717) is 23.5 Å². The van der Waals surface area contributed by atoms with Gasteiger partial charge in [-0.15, -0.1) is 0 Å². The lowest BCUT2D eigenvalue weighted by molar-refractivity contribution is 0.101. The van der Waals surface area contributed by atoms with Gasteiger partial charge in [0.1, 0.15) is 0 Å². The highest BCUT2D eigenvalue weighted by Gasteiger charge is 2.11. The number of alkyl halides is 1. The Bertz CT molecular complexity index is 377. The number of hydrogen-bond donors (Lipinski definition) is 0. The number of benzene rings is 1. The predicted octanol–water partition coefficient (Wildman–Crippen LogP) is 3.25. The zero-order chi connectivity index (χ0) is 12.1. The molecule has 88 valence electrons. The van der Waals surface area contributed by atoms with Gasteiger partial charge in [0.25, 0.3) is 0 Å². The molecule has 16 heavy (non-hydrogen) atoms. The van der Waals surface area contributed by atoms with Crippen molar-refractivity contribution in [2.24, 2.45) is 0 Å². The van der Waals surface area contributed by atoms with E-state index in [1.807, 2.05) is 6.92 Å². The Morgan fingerprint density at radius 2 is 2.12 bits per heavy atom. The number of halogens is 1. The normalized spacial score (nSPS) is 12.0. The first kappa shape index (κ1) is 12.8. The second kappa shape index (κ2) is 5.75. The van der Waals surface area contributed by atoms with Crippen LogP contribution in [0.25, 0.3) is 0 Å². The first-order valence-electron chi connectivity index (χ1n) is 5.08. The summed E-state index contributed by atoms with van der Waals surface area (Å²) in [4.78, 5) is 11.2. The molecule has 0 aliphatic carbocycles. The summed E-state index contributed by atoms with van der Waals surface area (Å²) in [6.45, 7) is 3.43. The minimum absolute atomic E-state index is 0.0113. The number of ether oxygens (including phenoxy) is 2. The second-order valence-corrected chi connectivity index (χ2v) is 3.84. The Kier molecular flexibility index (Phi) is 4.62. The predicted molar refractivity (Wildman–Crippen MR) is 63.6 cm³/mol. The Morgan fingerprint density at radius 3 is 2.62 bits per heavy atom. The summed E-state index contributed by atoms with van der Waals surface area (Å²) in [6, 6.07) is 5.04. The maximum absolute atomic E-state index is 11.2. The average molecular weight is 243 g/mol. The molecule has 0 fully saturated rings. The van der Waals surface area contributed by atoms with E-state index in [0.717, 1.165) is 0 Å². The summed E-state index contributed by atoms with van der Waals surface area (Å²) in [5.41, 5.74) is 0.198. The molecule has 0 spiro atoms. The Hall–Kier alpha value is -1.22. The molecule has 1 aromatic rings. The van der Waals surface area contributed by atoms with Crippen LogP contribution in [0.3, 0.4) is 0 Å². The van der Waals surface area contributed by atoms with E-state index >= 15 is 0 Å². The monoisotopic (exact) mass is 242 g/mol. The Balaban J connectivity index is 2.97. The SMILES string of the molecule is CCC(Cl)Oc1ccc(C(C)=O)cc1OC. The van der Waals surface area contributed by atoms with E-state index in [1.165, 1.54) is 14.0 Å². The lowest BCUT2D eigenvalue weighted by Gasteiger charge is -2.14. The first-order chi connectivity index (χ1) is 7.58.